The Morgan fingerprint density at radius 1 is 1.25 bits per heavy atom. The third-order valence-corrected chi connectivity index (χ3v) is 3.90. The predicted octanol–water partition coefficient (Wildman–Crippen LogP) is 3.62. The maximum Gasteiger partial charge on any atom is 0.119 e. The molecule has 0 amide bonds. The molecule has 2 unspecified atom stereocenters. The van der Waals surface area contributed by atoms with Gasteiger partial charge < -0.3 is 14.8 Å². The lowest BCUT2D eigenvalue weighted by Crippen LogP contribution is -2.30. The Kier molecular flexibility index (Phi) is 6.33. The molecule has 0 radical (unpaired) electrons. The van der Waals surface area contributed by atoms with Gasteiger partial charge in [0.2, 0.25) is 0 Å². The molecular weight excluding hydrogens is 318 g/mol. The van der Waals surface area contributed by atoms with Crippen molar-refractivity contribution in [2.24, 2.45) is 5.92 Å². The molecule has 20 heavy (non-hydrogen) atoms. The lowest BCUT2D eigenvalue weighted by atomic mass is 10.2. The molecule has 1 saturated heterocycles. The van der Waals surface area contributed by atoms with E-state index in [1.807, 2.05) is 24.3 Å². The molecule has 0 aliphatic carbocycles. The first kappa shape index (κ1) is 15.8. The van der Waals surface area contributed by atoms with Crippen LogP contribution in [0.1, 0.15) is 26.7 Å². The van der Waals surface area contributed by atoms with Gasteiger partial charge in [-0.15, -0.1) is 0 Å². The van der Waals surface area contributed by atoms with E-state index >= 15 is 0 Å². The van der Waals surface area contributed by atoms with Crippen LogP contribution in [0.15, 0.2) is 28.7 Å². The van der Waals surface area contributed by atoms with Crippen LogP contribution in [0.4, 0.5) is 0 Å². The fourth-order valence-corrected chi connectivity index (χ4v) is 2.57. The molecule has 3 nitrogen and oxygen atoms in total. The monoisotopic (exact) mass is 341 g/mol. The summed E-state index contributed by atoms with van der Waals surface area (Å²) in [5.74, 6) is 1.59. The number of ether oxygens (including phenoxy) is 2. The molecule has 112 valence electrons. The molecule has 1 aromatic rings. The van der Waals surface area contributed by atoms with Gasteiger partial charge in [0.1, 0.15) is 12.4 Å². The van der Waals surface area contributed by atoms with Gasteiger partial charge >= 0.3 is 0 Å². The van der Waals surface area contributed by atoms with E-state index < -0.39 is 0 Å². The van der Waals surface area contributed by atoms with Gasteiger partial charge in [-0.05, 0) is 49.6 Å². The summed E-state index contributed by atoms with van der Waals surface area (Å²) >= 11 is 3.42. The van der Waals surface area contributed by atoms with Gasteiger partial charge in [0.05, 0.1) is 12.2 Å². The topological polar surface area (TPSA) is 30.5 Å². The summed E-state index contributed by atoms with van der Waals surface area (Å²) in [6, 6.07) is 7.92. The molecule has 0 aromatic heterocycles. The summed E-state index contributed by atoms with van der Waals surface area (Å²) in [4.78, 5) is 0. The average molecular weight is 342 g/mol. The largest absolute Gasteiger partial charge is 0.491 e. The lowest BCUT2D eigenvalue weighted by Gasteiger charge is -2.16. The lowest BCUT2D eigenvalue weighted by molar-refractivity contribution is 0.0184. The molecule has 1 aliphatic rings. The fraction of sp³-hybridized carbons (Fsp3) is 0.625. The maximum atomic E-state index is 5.99. The van der Waals surface area contributed by atoms with Crippen molar-refractivity contribution in [3.05, 3.63) is 28.7 Å². The van der Waals surface area contributed by atoms with Gasteiger partial charge in [0.25, 0.3) is 0 Å². The highest BCUT2D eigenvalue weighted by molar-refractivity contribution is 9.10. The van der Waals surface area contributed by atoms with Crippen LogP contribution in [0, 0.1) is 5.92 Å². The van der Waals surface area contributed by atoms with Crippen LogP contribution in [0.2, 0.25) is 0 Å². The predicted molar refractivity (Wildman–Crippen MR) is 85.2 cm³/mol. The Morgan fingerprint density at radius 3 is 2.65 bits per heavy atom. The molecule has 4 heteroatoms. The average Bonchev–Trinajstić information content (AvgIpc) is 2.86. The number of nitrogens with one attached hydrogen (secondary N) is 1. The summed E-state index contributed by atoms with van der Waals surface area (Å²) in [5.41, 5.74) is 0. The van der Waals surface area contributed by atoms with Crippen molar-refractivity contribution in [3.63, 3.8) is 0 Å². The SMILES string of the molecule is CC(C)CNCC1CCC(COc2ccc(Br)cc2)O1. The Bertz CT molecular complexity index is 394. The molecule has 1 fully saturated rings. The Morgan fingerprint density at radius 2 is 1.95 bits per heavy atom. The normalized spacial score (nSPS) is 22.4. The van der Waals surface area contributed by atoms with Gasteiger partial charge in [0.15, 0.2) is 0 Å². The van der Waals surface area contributed by atoms with Crippen LogP contribution >= 0.6 is 15.9 Å². The smallest absolute Gasteiger partial charge is 0.119 e. The number of hydrogen-bond donors (Lipinski definition) is 1. The van der Waals surface area contributed by atoms with Crippen LogP contribution in [0.3, 0.4) is 0 Å². The molecule has 0 bridgehead atoms. The van der Waals surface area contributed by atoms with Crippen LogP contribution in [-0.4, -0.2) is 31.9 Å². The number of hydrogen-bond acceptors (Lipinski definition) is 3. The Hall–Kier alpha value is -0.580. The van der Waals surface area contributed by atoms with Gasteiger partial charge in [-0.1, -0.05) is 29.8 Å². The van der Waals surface area contributed by atoms with E-state index in [-0.39, 0.29) is 6.10 Å². The molecule has 2 rings (SSSR count). The third-order valence-electron chi connectivity index (χ3n) is 3.37. The van der Waals surface area contributed by atoms with Crippen molar-refractivity contribution in [3.8, 4) is 5.75 Å². The van der Waals surface area contributed by atoms with E-state index in [2.05, 4.69) is 35.1 Å². The number of halogens is 1. The molecule has 0 saturated carbocycles. The van der Waals surface area contributed by atoms with Crippen LogP contribution in [0.5, 0.6) is 5.75 Å². The number of benzene rings is 1. The van der Waals surface area contributed by atoms with Crippen molar-refractivity contribution < 1.29 is 9.47 Å². The van der Waals surface area contributed by atoms with Crippen molar-refractivity contribution in [1.82, 2.24) is 5.32 Å². The third kappa shape index (κ3) is 5.43. The van der Waals surface area contributed by atoms with E-state index in [0.717, 1.165) is 36.2 Å². The second-order valence-electron chi connectivity index (χ2n) is 5.77. The van der Waals surface area contributed by atoms with E-state index in [4.69, 9.17) is 9.47 Å². The van der Waals surface area contributed by atoms with Crippen LogP contribution in [0.25, 0.3) is 0 Å². The first-order valence-corrected chi connectivity index (χ1v) is 8.17. The van der Waals surface area contributed by atoms with Crippen molar-refractivity contribution in [2.75, 3.05) is 19.7 Å². The van der Waals surface area contributed by atoms with Gasteiger partial charge in [-0.2, -0.15) is 0 Å². The van der Waals surface area contributed by atoms with Crippen LogP contribution in [-0.2, 0) is 4.74 Å². The van der Waals surface area contributed by atoms with Crippen molar-refractivity contribution >= 4 is 15.9 Å². The second kappa shape index (κ2) is 8.01. The Balaban J connectivity index is 1.64. The maximum absolute atomic E-state index is 5.99. The van der Waals surface area contributed by atoms with E-state index in [9.17, 15) is 0 Å². The van der Waals surface area contributed by atoms with E-state index in [1.165, 1.54) is 0 Å². The highest BCUT2D eigenvalue weighted by Crippen LogP contribution is 2.21. The van der Waals surface area contributed by atoms with Crippen molar-refractivity contribution in [2.45, 2.75) is 38.9 Å². The Labute approximate surface area is 130 Å². The number of rotatable bonds is 7. The van der Waals surface area contributed by atoms with Gasteiger partial charge in [-0.25, -0.2) is 0 Å². The first-order valence-electron chi connectivity index (χ1n) is 7.38. The molecule has 1 heterocycles. The minimum Gasteiger partial charge on any atom is -0.491 e. The summed E-state index contributed by atoms with van der Waals surface area (Å²) < 4.78 is 12.8. The van der Waals surface area contributed by atoms with E-state index in [0.29, 0.717) is 18.6 Å². The first-order chi connectivity index (χ1) is 9.63. The minimum absolute atomic E-state index is 0.226. The van der Waals surface area contributed by atoms with E-state index in [1.54, 1.807) is 0 Å². The highest BCUT2D eigenvalue weighted by Gasteiger charge is 2.25. The zero-order valence-electron chi connectivity index (χ0n) is 12.3. The van der Waals surface area contributed by atoms with Gasteiger partial charge in [-0.3, -0.25) is 0 Å². The quantitative estimate of drug-likeness (QED) is 0.821. The summed E-state index contributed by atoms with van der Waals surface area (Å²) in [7, 11) is 0. The molecule has 2 atom stereocenters. The summed E-state index contributed by atoms with van der Waals surface area (Å²) in [6.07, 6.45) is 2.78. The van der Waals surface area contributed by atoms with Crippen molar-refractivity contribution in [1.29, 1.82) is 0 Å². The van der Waals surface area contributed by atoms with Gasteiger partial charge in [0, 0.05) is 11.0 Å². The molecule has 1 aromatic carbocycles. The van der Waals surface area contributed by atoms with Crippen LogP contribution < -0.4 is 10.1 Å². The summed E-state index contributed by atoms with van der Waals surface area (Å²) in [5, 5.41) is 3.46. The molecule has 0 spiro atoms. The highest BCUT2D eigenvalue weighted by atomic mass is 79.9. The standard InChI is InChI=1S/C16H24BrNO2/c1-12(2)9-18-10-15-7-8-16(20-15)11-19-14-5-3-13(17)4-6-14/h3-6,12,15-16,18H,7-11H2,1-2H3. The molecule has 1 N–H and O–H groups in total. The fourth-order valence-electron chi connectivity index (χ4n) is 2.31. The molecule has 1 aliphatic heterocycles. The second-order valence-corrected chi connectivity index (χ2v) is 6.69. The zero-order valence-corrected chi connectivity index (χ0v) is 13.9. The molecular formula is C16H24BrNO2. The summed E-state index contributed by atoms with van der Waals surface area (Å²) in [6.45, 7) is 7.09. The zero-order chi connectivity index (χ0) is 14.4. The minimum atomic E-state index is 0.226.